The summed E-state index contributed by atoms with van der Waals surface area (Å²) in [5.74, 6) is -0.463. The number of rotatable bonds is 5. The molecule has 5 heteroatoms. The molecule has 1 fully saturated rings. The van der Waals surface area contributed by atoms with Crippen molar-refractivity contribution in [1.29, 1.82) is 0 Å². The van der Waals surface area contributed by atoms with Gasteiger partial charge in [0.2, 0.25) is 0 Å². The SMILES string of the molecule is CCc1ccc(NC(=O)c2cc(C(=O)NC3CCCC3)ccn2)cc1. The maximum Gasteiger partial charge on any atom is 0.274 e. The highest BCUT2D eigenvalue weighted by Crippen LogP contribution is 2.18. The second-order valence-electron chi connectivity index (χ2n) is 6.39. The van der Waals surface area contributed by atoms with Crippen molar-refractivity contribution < 1.29 is 9.59 Å². The second kappa shape index (κ2) is 7.92. The molecule has 1 aliphatic carbocycles. The van der Waals surface area contributed by atoms with Crippen molar-refractivity contribution in [3.8, 4) is 0 Å². The Hall–Kier alpha value is -2.69. The molecule has 1 aliphatic rings. The van der Waals surface area contributed by atoms with Crippen molar-refractivity contribution >= 4 is 17.5 Å². The Morgan fingerprint density at radius 1 is 1.08 bits per heavy atom. The van der Waals surface area contributed by atoms with Gasteiger partial charge < -0.3 is 10.6 Å². The Bertz CT molecular complexity index is 750. The highest BCUT2D eigenvalue weighted by Gasteiger charge is 2.19. The third kappa shape index (κ3) is 4.44. The zero-order chi connectivity index (χ0) is 17.6. The predicted octanol–water partition coefficient (Wildman–Crippen LogP) is 3.57. The van der Waals surface area contributed by atoms with Crippen molar-refractivity contribution in [2.75, 3.05) is 5.32 Å². The van der Waals surface area contributed by atoms with Gasteiger partial charge in [0.05, 0.1) is 0 Å². The third-order valence-corrected chi connectivity index (χ3v) is 4.57. The number of aromatic nitrogens is 1. The van der Waals surface area contributed by atoms with Gasteiger partial charge in [0.1, 0.15) is 5.69 Å². The van der Waals surface area contributed by atoms with Crippen LogP contribution in [0.25, 0.3) is 0 Å². The van der Waals surface area contributed by atoms with Gasteiger partial charge >= 0.3 is 0 Å². The van der Waals surface area contributed by atoms with E-state index in [1.165, 1.54) is 11.8 Å². The van der Waals surface area contributed by atoms with Gasteiger partial charge in [-0.2, -0.15) is 0 Å². The molecule has 2 N–H and O–H groups in total. The molecule has 5 nitrogen and oxygen atoms in total. The lowest BCUT2D eigenvalue weighted by Crippen LogP contribution is -2.32. The summed E-state index contributed by atoms with van der Waals surface area (Å²) in [7, 11) is 0. The summed E-state index contributed by atoms with van der Waals surface area (Å²) in [6.07, 6.45) is 6.82. The van der Waals surface area contributed by atoms with E-state index >= 15 is 0 Å². The van der Waals surface area contributed by atoms with E-state index in [-0.39, 0.29) is 23.6 Å². The molecule has 2 amide bonds. The average Bonchev–Trinajstić information content (AvgIpc) is 3.15. The Balaban J connectivity index is 1.66. The van der Waals surface area contributed by atoms with Crippen LogP contribution in [0.5, 0.6) is 0 Å². The van der Waals surface area contributed by atoms with Crippen molar-refractivity contribution in [3.63, 3.8) is 0 Å². The van der Waals surface area contributed by atoms with Crippen LogP contribution >= 0.6 is 0 Å². The number of aryl methyl sites for hydroxylation is 1. The predicted molar refractivity (Wildman–Crippen MR) is 97.7 cm³/mol. The Morgan fingerprint density at radius 2 is 1.80 bits per heavy atom. The summed E-state index contributed by atoms with van der Waals surface area (Å²) in [5, 5.41) is 5.84. The minimum absolute atomic E-state index is 0.143. The van der Waals surface area contributed by atoms with Crippen LogP contribution in [0, 0.1) is 0 Å². The molecule has 1 saturated carbocycles. The second-order valence-corrected chi connectivity index (χ2v) is 6.39. The summed E-state index contributed by atoms with van der Waals surface area (Å²) in [6.45, 7) is 2.08. The minimum atomic E-state index is -0.320. The molecular formula is C20H23N3O2. The molecule has 0 unspecified atom stereocenters. The molecule has 0 aliphatic heterocycles. The van der Waals surface area contributed by atoms with Crippen molar-refractivity contribution in [2.24, 2.45) is 0 Å². The zero-order valence-corrected chi connectivity index (χ0v) is 14.4. The molecule has 2 aromatic rings. The number of carbonyl (C=O) groups is 2. The van der Waals surface area contributed by atoms with Crippen LogP contribution in [0.2, 0.25) is 0 Å². The van der Waals surface area contributed by atoms with Crippen LogP contribution in [0.3, 0.4) is 0 Å². The summed E-state index contributed by atoms with van der Waals surface area (Å²) in [5.41, 5.74) is 2.62. The van der Waals surface area contributed by atoms with Crippen molar-refractivity contribution in [3.05, 3.63) is 59.4 Å². The van der Waals surface area contributed by atoms with E-state index < -0.39 is 0 Å². The van der Waals surface area contributed by atoms with Gasteiger partial charge in [-0.05, 0) is 49.1 Å². The van der Waals surface area contributed by atoms with Gasteiger partial charge in [-0.15, -0.1) is 0 Å². The lowest BCUT2D eigenvalue weighted by Gasteiger charge is -2.12. The highest BCUT2D eigenvalue weighted by atomic mass is 16.2. The molecule has 130 valence electrons. The van der Waals surface area contributed by atoms with Crippen molar-refractivity contribution in [1.82, 2.24) is 10.3 Å². The summed E-state index contributed by atoms with van der Waals surface area (Å²) < 4.78 is 0. The van der Waals surface area contributed by atoms with Crippen LogP contribution in [0.15, 0.2) is 42.6 Å². The smallest absolute Gasteiger partial charge is 0.274 e. The minimum Gasteiger partial charge on any atom is -0.349 e. The maximum atomic E-state index is 12.4. The number of pyridine rings is 1. The molecule has 0 atom stereocenters. The van der Waals surface area contributed by atoms with Crippen LogP contribution in [0.1, 0.15) is 59.0 Å². The number of nitrogens with zero attached hydrogens (tertiary/aromatic N) is 1. The first-order valence-corrected chi connectivity index (χ1v) is 8.83. The molecular weight excluding hydrogens is 314 g/mol. The van der Waals surface area contributed by atoms with Crippen LogP contribution in [-0.2, 0) is 6.42 Å². The number of benzene rings is 1. The van der Waals surface area contributed by atoms with Crippen molar-refractivity contribution in [2.45, 2.75) is 45.1 Å². The Kier molecular flexibility index (Phi) is 5.43. The fourth-order valence-electron chi connectivity index (χ4n) is 3.05. The van der Waals surface area contributed by atoms with E-state index in [4.69, 9.17) is 0 Å². The largest absolute Gasteiger partial charge is 0.349 e. The van der Waals surface area contributed by atoms with Gasteiger partial charge in [-0.1, -0.05) is 31.9 Å². The zero-order valence-electron chi connectivity index (χ0n) is 14.4. The first kappa shape index (κ1) is 17.1. The number of hydrogen-bond acceptors (Lipinski definition) is 3. The Morgan fingerprint density at radius 3 is 2.48 bits per heavy atom. The van der Waals surface area contributed by atoms with E-state index in [2.05, 4.69) is 22.5 Å². The highest BCUT2D eigenvalue weighted by molar-refractivity contribution is 6.04. The monoisotopic (exact) mass is 337 g/mol. The molecule has 25 heavy (non-hydrogen) atoms. The maximum absolute atomic E-state index is 12.4. The standard InChI is InChI=1S/C20H23N3O2/c1-2-14-7-9-17(10-8-14)23-20(25)18-13-15(11-12-21-18)19(24)22-16-5-3-4-6-16/h7-13,16H,2-6H2,1H3,(H,22,24)(H,23,25). The van der Waals surface area contributed by atoms with Gasteiger partial charge in [-0.25, -0.2) is 0 Å². The fourth-order valence-corrected chi connectivity index (χ4v) is 3.05. The van der Waals surface area contributed by atoms with E-state index in [9.17, 15) is 9.59 Å². The number of hydrogen-bond donors (Lipinski definition) is 2. The molecule has 0 saturated heterocycles. The first-order chi connectivity index (χ1) is 12.2. The van der Waals surface area contributed by atoms with Crippen LogP contribution in [0.4, 0.5) is 5.69 Å². The molecule has 1 aromatic heterocycles. The first-order valence-electron chi connectivity index (χ1n) is 8.83. The lowest BCUT2D eigenvalue weighted by molar-refractivity contribution is 0.0937. The topological polar surface area (TPSA) is 71.1 Å². The number of anilines is 1. The number of nitrogens with one attached hydrogen (secondary N) is 2. The van der Waals surface area contributed by atoms with Gasteiger partial charge in [0.15, 0.2) is 0 Å². The van der Waals surface area contributed by atoms with E-state index in [1.54, 1.807) is 12.1 Å². The molecule has 3 rings (SSSR count). The van der Waals surface area contributed by atoms with E-state index in [1.807, 2.05) is 24.3 Å². The number of carbonyl (C=O) groups excluding carboxylic acids is 2. The quantitative estimate of drug-likeness (QED) is 0.876. The summed E-state index contributed by atoms with van der Waals surface area (Å²) in [6, 6.07) is 11.1. The van der Waals surface area contributed by atoms with Gasteiger partial charge in [-0.3, -0.25) is 14.6 Å². The molecule has 1 aromatic carbocycles. The van der Waals surface area contributed by atoms with Crippen LogP contribution < -0.4 is 10.6 Å². The molecule has 0 spiro atoms. The Labute approximate surface area is 147 Å². The van der Waals surface area contributed by atoms with E-state index in [0.29, 0.717) is 11.3 Å². The summed E-state index contributed by atoms with van der Waals surface area (Å²) in [4.78, 5) is 28.8. The molecule has 0 radical (unpaired) electrons. The van der Waals surface area contributed by atoms with Crippen LogP contribution in [-0.4, -0.2) is 22.8 Å². The fraction of sp³-hybridized carbons (Fsp3) is 0.350. The van der Waals surface area contributed by atoms with Gasteiger partial charge in [0.25, 0.3) is 11.8 Å². The van der Waals surface area contributed by atoms with E-state index in [0.717, 1.165) is 32.1 Å². The molecule has 1 heterocycles. The normalized spacial score (nSPS) is 14.3. The lowest BCUT2D eigenvalue weighted by atomic mass is 10.1. The average molecular weight is 337 g/mol. The summed E-state index contributed by atoms with van der Waals surface area (Å²) >= 11 is 0. The third-order valence-electron chi connectivity index (χ3n) is 4.57. The van der Waals surface area contributed by atoms with Gasteiger partial charge in [0, 0.05) is 23.5 Å². The number of amides is 2. The molecule has 0 bridgehead atoms.